The Labute approximate surface area is 228 Å². The van der Waals surface area contributed by atoms with Gasteiger partial charge in [0.05, 0.1) is 40.4 Å². The smallest absolute Gasteiger partial charge is 0.326 e. The van der Waals surface area contributed by atoms with Crippen molar-refractivity contribution in [2.75, 3.05) is 13.7 Å². The lowest BCUT2D eigenvalue weighted by Gasteiger charge is -2.17. The summed E-state index contributed by atoms with van der Waals surface area (Å²) in [6.45, 7) is 2.18. The van der Waals surface area contributed by atoms with Crippen molar-refractivity contribution in [2.24, 2.45) is 0 Å². The molecular weight excluding hydrogens is 531 g/mol. The number of fused-ring (bicyclic) bond motifs is 1. The summed E-state index contributed by atoms with van der Waals surface area (Å²) in [4.78, 5) is 38.1. The van der Waals surface area contributed by atoms with Gasteiger partial charge in [-0.15, -0.1) is 0 Å². The summed E-state index contributed by atoms with van der Waals surface area (Å²) in [5.74, 6) is -0.983. The summed E-state index contributed by atoms with van der Waals surface area (Å²) in [6, 6.07) is 17.1. The molecule has 1 aromatic heterocycles. The molecule has 1 atom stereocenters. The Hall–Kier alpha value is -4.01. The third-order valence-corrected chi connectivity index (χ3v) is 6.54. The zero-order valence-corrected chi connectivity index (χ0v) is 22.0. The van der Waals surface area contributed by atoms with Crippen LogP contribution in [0, 0.1) is 0 Å². The number of halogens is 2. The van der Waals surface area contributed by atoms with Gasteiger partial charge in [0.25, 0.3) is 11.5 Å². The number of hydrogen-bond donors (Lipinski definition) is 2. The van der Waals surface area contributed by atoms with Gasteiger partial charge < -0.3 is 19.9 Å². The standard InChI is InChI=1S/C28H24Cl2N2O6/c1-3-38-24-14-17-9-12-19(37-2)15-20(17)27(34)32(24)18-10-7-16(8-11-18)13-23(28(35)36)31-26(33)25-21(29)5-4-6-22(25)30/h4-12,14-15,23H,3,13H2,1-2H3,(H,31,33)(H,35,36)/t23-/m0/s1. The highest BCUT2D eigenvalue weighted by Gasteiger charge is 2.24. The Bertz CT molecular complexity index is 1550. The number of ether oxygens (including phenoxy) is 2. The van der Waals surface area contributed by atoms with Gasteiger partial charge in [0, 0.05) is 12.5 Å². The number of carbonyl (C=O) groups excluding carboxylic acids is 1. The second-order valence-corrected chi connectivity index (χ2v) is 9.16. The highest BCUT2D eigenvalue weighted by molar-refractivity contribution is 6.39. The molecular formula is C28H24Cl2N2O6. The third-order valence-electron chi connectivity index (χ3n) is 5.91. The SMILES string of the molecule is CCOc1cc2ccc(OC)cc2c(=O)n1-c1ccc(C[C@H](NC(=O)c2c(Cl)cccc2Cl)C(=O)O)cc1. The molecule has 0 aliphatic heterocycles. The number of nitrogens with one attached hydrogen (secondary N) is 1. The van der Waals surface area contributed by atoms with Gasteiger partial charge in [0.15, 0.2) is 0 Å². The fourth-order valence-corrected chi connectivity index (χ4v) is 4.62. The van der Waals surface area contributed by atoms with Crippen molar-refractivity contribution < 1.29 is 24.2 Å². The van der Waals surface area contributed by atoms with Gasteiger partial charge in [-0.05, 0) is 54.3 Å². The summed E-state index contributed by atoms with van der Waals surface area (Å²) in [7, 11) is 1.53. The number of methoxy groups -OCH3 is 1. The van der Waals surface area contributed by atoms with Crippen LogP contribution in [-0.2, 0) is 11.2 Å². The van der Waals surface area contributed by atoms with Crippen molar-refractivity contribution in [3.8, 4) is 17.3 Å². The van der Waals surface area contributed by atoms with Gasteiger partial charge in [-0.1, -0.05) is 47.5 Å². The van der Waals surface area contributed by atoms with Crippen LogP contribution in [0.4, 0.5) is 0 Å². The minimum absolute atomic E-state index is 0.00759. The molecule has 1 amide bonds. The number of carboxylic acid groups (broad SMARTS) is 1. The summed E-state index contributed by atoms with van der Waals surface area (Å²) in [5.41, 5.74) is 0.879. The quantitative estimate of drug-likeness (QED) is 0.297. The van der Waals surface area contributed by atoms with E-state index in [1.807, 2.05) is 6.92 Å². The minimum atomic E-state index is -1.24. The Morgan fingerprint density at radius 2 is 1.71 bits per heavy atom. The second-order valence-electron chi connectivity index (χ2n) is 8.34. The normalized spacial score (nSPS) is 11.7. The van der Waals surface area contributed by atoms with E-state index in [0.717, 1.165) is 0 Å². The van der Waals surface area contributed by atoms with E-state index < -0.39 is 17.9 Å². The average molecular weight is 555 g/mol. The van der Waals surface area contributed by atoms with Gasteiger partial charge in [-0.3, -0.25) is 9.59 Å². The molecule has 0 unspecified atom stereocenters. The van der Waals surface area contributed by atoms with E-state index in [2.05, 4.69) is 5.32 Å². The first-order valence-electron chi connectivity index (χ1n) is 11.7. The molecule has 3 aromatic carbocycles. The summed E-state index contributed by atoms with van der Waals surface area (Å²) >= 11 is 12.2. The van der Waals surface area contributed by atoms with E-state index >= 15 is 0 Å². The van der Waals surface area contributed by atoms with Crippen LogP contribution in [0.2, 0.25) is 10.0 Å². The number of benzene rings is 3. The molecule has 38 heavy (non-hydrogen) atoms. The molecule has 0 saturated heterocycles. The first-order chi connectivity index (χ1) is 18.2. The van der Waals surface area contributed by atoms with Crippen LogP contribution in [0.15, 0.2) is 71.5 Å². The molecule has 8 nitrogen and oxygen atoms in total. The number of amides is 1. The van der Waals surface area contributed by atoms with Crippen molar-refractivity contribution in [3.05, 3.63) is 98.3 Å². The monoisotopic (exact) mass is 554 g/mol. The van der Waals surface area contributed by atoms with Crippen LogP contribution in [0.1, 0.15) is 22.8 Å². The first-order valence-corrected chi connectivity index (χ1v) is 12.4. The Balaban J connectivity index is 1.63. The van der Waals surface area contributed by atoms with Gasteiger partial charge in [0.1, 0.15) is 11.8 Å². The fourth-order valence-electron chi connectivity index (χ4n) is 4.05. The maximum atomic E-state index is 13.4. The zero-order chi connectivity index (χ0) is 27.4. The van der Waals surface area contributed by atoms with E-state index in [9.17, 15) is 19.5 Å². The molecule has 1 heterocycles. The number of aromatic nitrogens is 1. The lowest BCUT2D eigenvalue weighted by molar-refractivity contribution is -0.139. The van der Waals surface area contributed by atoms with Gasteiger partial charge >= 0.3 is 5.97 Å². The van der Waals surface area contributed by atoms with Crippen molar-refractivity contribution in [1.29, 1.82) is 0 Å². The van der Waals surface area contributed by atoms with E-state index in [1.54, 1.807) is 54.6 Å². The maximum absolute atomic E-state index is 13.4. The van der Waals surface area contributed by atoms with Gasteiger partial charge in [0.2, 0.25) is 5.88 Å². The minimum Gasteiger partial charge on any atom is -0.497 e. The predicted octanol–water partition coefficient (Wildman–Crippen LogP) is 5.13. The molecule has 4 aromatic rings. The zero-order valence-electron chi connectivity index (χ0n) is 20.5. The molecule has 0 spiro atoms. The van der Waals surface area contributed by atoms with E-state index in [0.29, 0.717) is 40.3 Å². The average Bonchev–Trinajstić information content (AvgIpc) is 2.89. The summed E-state index contributed by atoms with van der Waals surface area (Å²) < 4.78 is 12.5. The van der Waals surface area contributed by atoms with Crippen LogP contribution in [0.5, 0.6) is 11.6 Å². The number of hydrogen-bond acceptors (Lipinski definition) is 5. The Kier molecular flexibility index (Phi) is 8.24. The number of carbonyl (C=O) groups is 2. The van der Waals surface area contributed by atoms with Crippen LogP contribution in [0.3, 0.4) is 0 Å². The molecule has 10 heteroatoms. The molecule has 0 radical (unpaired) electrons. The van der Waals surface area contributed by atoms with Gasteiger partial charge in [-0.2, -0.15) is 0 Å². The highest BCUT2D eigenvalue weighted by atomic mass is 35.5. The number of rotatable bonds is 9. The number of nitrogens with zero attached hydrogens (tertiary/aromatic N) is 1. The molecule has 0 fully saturated rings. The van der Waals surface area contributed by atoms with Gasteiger partial charge in [-0.25, -0.2) is 9.36 Å². The van der Waals surface area contributed by atoms with Crippen molar-refractivity contribution in [3.63, 3.8) is 0 Å². The molecule has 2 N–H and O–H groups in total. The lowest BCUT2D eigenvalue weighted by Crippen LogP contribution is -2.42. The van der Waals surface area contributed by atoms with Crippen LogP contribution in [0.25, 0.3) is 16.5 Å². The van der Waals surface area contributed by atoms with E-state index in [1.165, 1.54) is 23.8 Å². The molecule has 0 bridgehead atoms. The first kappa shape index (κ1) is 27.0. The third kappa shape index (κ3) is 5.61. The second kappa shape index (κ2) is 11.6. The Morgan fingerprint density at radius 3 is 2.32 bits per heavy atom. The largest absolute Gasteiger partial charge is 0.497 e. The van der Waals surface area contributed by atoms with E-state index in [-0.39, 0.29) is 27.6 Å². The summed E-state index contributed by atoms with van der Waals surface area (Å²) in [6.07, 6.45) is -0.00837. The fraction of sp³-hybridized carbons (Fsp3) is 0.179. The predicted molar refractivity (Wildman–Crippen MR) is 146 cm³/mol. The number of pyridine rings is 1. The topological polar surface area (TPSA) is 107 Å². The molecule has 0 aliphatic rings. The number of aliphatic carboxylic acids is 1. The Morgan fingerprint density at radius 1 is 1.03 bits per heavy atom. The van der Waals surface area contributed by atoms with Crippen molar-refractivity contribution >= 4 is 45.9 Å². The van der Waals surface area contributed by atoms with Crippen molar-refractivity contribution in [2.45, 2.75) is 19.4 Å². The molecule has 0 aliphatic carbocycles. The number of carboxylic acids is 1. The van der Waals surface area contributed by atoms with Crippen LogP contribution >= 0.6 is 23.2 Å². The lowest BCUT2D eigenvalue weighted by atomic mass is 10.0. The molecule has 0 saturated carbocycles. The van der Waals surface area contributed by atoms with Crippen molar-refractivity contribution in [1.82, 2.24) is 9.88 Å². The maximum Gasteiger partial charge on any atom is 0.326 e. The van der Waals surface area contributed by atoms with E-state index in [4.69, 9.17) is 32.7 Å². The van der Waals surface area contributed by atoms with Crippen LogP contribution < -0.4 is 20.3 Å². The van der Waals surface area contributed by atoms with Crippen LogP contribution in [-0.4, -0.2) is 41.3 Å². The molecule has 4 rings (SSSR count). The molecule has 196 valence electrons. The summed E-state index contributed by atoms with van der Waals surface area (Å²) in [5, 5.41) is 13.6. The highest BCUT2D eigenvalue weighted by Crippen LogP contribution is 2.26.